The van der Waals surface area contributed by atoms with E-state index in [0.717, 1.165) is 12.8 Å². The van der Waals surface area contributed by atoms with Crippen LogP contribution in [0.25, 0.3) is 0 Å². The van der Waals surface area contributed by atoms with E-state index in [4.69, 9.17) is 71.1 Å². The highest BCUT2D eigenvalue weighted by Crippen LogP contribution is 2.11. The maximum absolute atomic E-state index is 13.5. The predicted molar refractivity (Wildman–Crippen MR) is 258 cm³/mol. The number of nitrogens with one attached hydrogen (secondary N) is 4. The highest BCUT2D eigenvalue weighted by molar-refractivity contribution is 5.77. The summed E-state index contributed by atoms with van der Waals surface area (Å²) in [6, 6.07) is 0. The Morgan fingerprint density at radius 1 is 0.314 bits per heavy atom. The normalized spacial score (nSPS) is 11.5. The van der Waals surface area contributed by atoms with Crippen LogP contribution in [0.4, 0.5) is 0 Å². The predicted octanol–water partition coefficient (Wildman–Crippen LogP) is 0.469. The van der Waals surface area contributed by atoms with Crippen molar-refractivity contribution in [1.29, 1.82) is 0 Å². The number of amides is 4. The molecular weight excluding hydrogens is 925 g/mol. The van der Waals surface area contributed by atoms with Gasteiger partial charge in [0.2, 0.25) is 23.6 Å². The first kappa shape index (κ1) is 67.3. The van der Waals surface area contributed by atoms with Gasteiger partial charge in [-0.2, -0.15) is 0 Å². The van der Waals surface area contributed by atoms with Crippen molar-refractivity contribution in [2.45, 2.75) is 64.8 Å². The van der Waals surface area contributed by atoms with Crippen molar-refractivity contribution in [3.05, 3.63) is 0 Å². The lowest BCUT2D eigenvalue weighted by Crippen LogP contribution is -2.59. The summed E-state index contributed by atoms with van der Waals surface area (Å²) < 4.78 is 82.9. The molecule has 0 saturated carbocycles. The van der Waals surface area contributed by atoms with Crippen LogP contribution in [0.2, 0.25) is 0 Å². The lowest BCUT2D eigenvalue weighted by molar-refractivity contribution is -0.131. The molecule has 0 aromatic carbocycles. The molecule has 0 fully saturated rings. The molecule has 4 N–H and O–H groups in total. The molecule has 0 aliphatic rings. The first-order valence-electron chi connectivity index (χ1n) is 25.0. The van der Waals surface area contributed by atoms with Crippen LogP contribution in [0.5, 0.6) is 0 Å². The largest absolute Gasteiger partial charge is 0.382 e. The molecule has 0 aromatic heterocycles. The molecule has 70 heavy (non-hydrogen) atoms. The Hall–Kier alpha value is -2.72. The van der Waals surface area contributed by atoms with Gasteiger partial charge in [0.05, 0.1) is 172 Å². The summed E-state index contributed by atoms with van der Waals surface area (Å²) in [5, 5.41) is 11.4. The number of rotatable bonds is 57. The topological polar surface area (TPSA) is 255 Å². The van der Waals surface area contributed by atoms with E-state index in [2.05, 4.69) is 21.3 Å². The zero-order valence-corrected chi connectivity index (χ0v) is 43.1. The number of carbonyl (C=O) groups excluding carboxylic acids is 4. The molecule has 0 unspecified atom stereocenters. The Morgan fingerprint density at radius 2 is 0.586 bits per heavy atom. The van der Waals surface area contributed by atoms with Gasteiger partial charge in [-0.25, -0.2) is 0 Å². The molecule has 0 bridgehead atoms. The van der Waals surface area contributed by atoms with E-state index in [0.29, 0.717) is 158 Å². The number of hydrogen-bond acceptors (Lipinski definition) is 19. The van der Waals surface area contributed by atoms with Crippen molar-refractivity contribution in [3.63, 3.8) is 0 Å². The molecule has 0 spiro atoms. The maximum Gasteiger partial charge on any atom is 0.222 e. The minimum atomic E-state index is -1.28. The van der Waals surface area contributed by atoms with Gasteiger partial charge in [-0.15, -0.1) is 0 Å². The molecule has 0 radical (unpaired) electrons. The van der Waals surface area contributed by atoms with E-state index in [1.54, 1.807) is 7.11 Å². The molecule has 23 heteroatoms. The summed E-state index contributed by atoms with van der Waals surface area (Å²) in [5.41, 5.74) is -1.28. The third-order valence-corrected chi connectivity index (χ3v) is 9.08. The van der Waals surface area contributed by atoms with E-state index >= 15 is 0 Å². The van der Waals surface area contributed by atoms with Crippen molar-refractivity contribution in [2.75, 3.05) is 218 Å². The Balaban J connectivity index is 5.34. The monoisotopic (exact) mass is 1020 g/mol. The second-order valence-electron chi connectivity index (χ2n) is 15.3. The van der Waals surface area contributed by atoms with Gasteiger partial charge in [-0.05, 0) is 19.8 Å². The first-order chi connectivity index (χ1) is 34.3. The molecule has 414 valence electrons. The Morgan fingerprint density at radius 3 is 0.914 bits per heavy atom. The Bertz CT molecular complexity index is 1140. The van der Waals surface area contributed by atoms with Crippen molar-refractivity contribution in [1.82, 2.24) is 21.3 Å². The fourth-order valence-corrected chi connectivity index (χ4v) is 5.53. The van der Waals surface area contributed by atoms with Crippen LogP contribution in [0.1, 0.15) is 59.3 Å². The van der Waals surface area contributed by atoms with E-state index in [9.17, 15) is 19.2 Å². The van der Waals surface area contributed by atoms with Gasteiger partial charge in [0.15, 0.2) is 0 Å². The zero-order valence-electron chi connectivity index (χ0n) is 43.1. The van der Waals surface area contributed by atoms with Crippen molar-refractivity contribution in [2.24, 2.45) is 0 Å². The maximum atomic E-state index is 13.5. The summed E-state index contributed by atoms with van der Waals surface area (Å²) in [5.74, 6) is -1.13. The van der Waals surface area contributed by atoms with Crippen molar-refractivity contribution >= 4 is 23.6 Å². The summed E-state index contributed by atoms with van der Waals surface area (Å²) >= 11 is 0. The average molecular weight is 1020 g/mol. The minimum absolute atomic E-state index is 0.00905. The van der Waals surface area contributed by atoms with Gasteiger partial charge < -0.3 is 92.3 Å². The Labute approximate surface area is 417 Å². The fourth-order valence-electron chi connectivity index (χ4n) is 5.53. The van der Waals surface area contributed by atoms with Crippen LogP contribution in [-0.4, -0.2) is 248 Å². The first-order valence-corrected chi connectivity index (χ1v) is 25.0. The fraction of sp³-hybridized carbons (Fsp3) is 0.915. The van der Waals surface area contributed by atoms with Crippen molar-refractivity contribution < 1.29 is 90.2 Å². The van der Waals surface area contributed by atoms with Crippen LogP contribution in [0, 0.1) is 0 Å². The molecule has 0 aromatic rings. The van der Waals surface area contributed by atoms with Crippen LogP contribution >= 0.6 is 0 Å². The van der Waals surface area contributed by atoms with Gasteiger partial charge in [0, 0.05) is 72.2 Å². The van der Waals surface area contributed by atoms with E-state index in [-0.39, 0.29) is 102 Å². The Kier molecular flexibility index (Phi) is 52.0. The van der Waals surface area contributed by atoms with Crippen LogP contribution < -0.4 is 21.3 Å². The van der Waals surface area contributed by atoms with Gasteiger partial charge in [0.25, 0.3) is 0 Å². The quantitative estimate of drug-likeness (QED) is 0.0604. The lowest BCUT2D eigenvalue weighted by atomic mass is 10.0. The van der Waals surface area contributed by atoms with Gasteiger partial charge in [-0.1, -0.05) is 13.8 Å². The third kappa shape index (κ3) is 48.9. The molecule has 0 aliphatic carbocycles. The van der Waals surface area contributed by atoms with E-state index < -0.39 is 5.54 Å². The smallest absolute Gasteiger partial charge is 0.222 e. The summed E-state index contributed by atoms with van der Waals surface area (Å²) in [4.78, 5) is 51.3. The summed E-state index contributed by atoms with van der Waals surface area (Å²) in [7, 11) is 1.60. The van der Waals surface area contributed by atoms with Crippen LogP contribution in [0.3, 0.4) is 0 Å². The zero-order chi connectivity index (χ0) is 51.1. The number of hydrogen-bond donors (Lipinski definition) is 4. The molecule has 0 rings (SSSR count). The highest BCUT2D eigenvalue weighted by Gasteiger charge is 2.34. The second-order valence-corrected chi connectivity index (χ2v) is 15.3. The third-order valence-electron chi connectivity index (χ3n) is 9.08. The van der Waals surface area contributed by atoms with E-state index in [1.807, 2.05) is 20.8 Å². The molecule has 0 heterocycles. The van der Waals surface area contributed by atoms with E-state index in [1.165, 1.54) is 0 Å². The summed E-state index contributed by atoms with van der Waals surface area (Å²) in [6.07, 6.45) is 2.00. The number of carbonyl (C=O) groups is 4. The SMILES string of the molecule is CCCOCCOCCOCCNC(=O)CCOCC(COCCC(=O)NCCOCCOCC)(COCCC(=O)NCCOCCOCCOCCC)NC(=O)CCOCCOCCOCCOC. The highest BCUT2D eigenvalue weighted by atomic mass is 16.6. The average Bonchev–Trinajstić information content (AvgIpc) is 3.35. The van der Waals surface area contributed by atoms with Crippen LogP contribution in [0.15, 0.2) is 0 Å². The van der Waals surface area contributed by atoms with Crippen molar-refractivity contribution in [3.8, 4) is 0 Å². The molecule has 0 aliphatic heterocycles. The van der Waals surface area contributed by atoms with Gasteiger partial charge in [-0.3, -0.25) is 19.2 Å². The molecule has 0 atom stereocenters. The second kappa shape index (κ2) is 54.1. The number of ether oxygens (including phenoxy) is 15. The van der Waals surface area contributed by atoms with Crippen LogP contribution in [-0.2, 0) is 90.2 Å². The lowest BCUT2D eigenvalue weighted by Gasteiger charge is -2.34. The minimum Gasteiger partial charge on any atom is -0.382 e. The standard InChI is InChI=1S/C47H92N4O19/c1-5-15-58-28-33-65-36-31-62-22-13-49-44(53)9-19-69-41-47(40-68-18-8-43(52)48-12-21-61-27-26-57-7-3,51-46(55)11-17-60-30-35-67-39-38-64-25-24-56-4)42-70-20-10-45(54)50-14-23-63-32-37-66-34-29-59-16-6-2/h5-42H2,1-4H3,(H,48,52)(H,49,53)(H,50,54)(H,51,55). The number of methoxy groups -OCH3 is 1. The van der Waals surface area contributed by atoms with Gasteiger partial charge >= 0.3 is 0 Å². The summed E-state index contributed by atoms with van der Waals surface area (Å²) in [6.45, 7) is 16.6. The molecule has 4 amide bonds. The van der Waals surface area contributed by atoms with Gasteiger partial charge in [0.1, 0.15) is 5.54 Å². The molecule has 23 nitrogen and oxygen atoms in total. The molecule has 0 saturated heterocycles. The molecular formula is C47H92N4O19.